The van der Waals surface area contributed by atoms with Gasteiger partial charge in [0.05, 0.1) is 0 Å². The lowest BCUT2D eigenvalue weighted by Crippen LogP contribution is -2.23. The molecule has 5 rings (SSSR count). The third-order valence-electron chi connectivity index (χ3n) is 5.42. The molecular formula is C24H18FNO. The van der Waals surface area contributed by atoms with E-state index in [1.165, 1.54) is 11.1 Å². The fraction of sp³-hybridized carbons (Fsp3) is 0.125. The van der Waals surface area contributed by atoms with Gasteiger partial charge in [-0.05, 0) is 46.4 Å². The van der Waals surface area contributed by atoms with Crippen LogP contribution in [0.1, 0.15) is 32.6 Å². The third kappa shape index (κ3) is 2.76. The van der Waals surface area contributed by atoms with Gasteiger partial charge < -0.3 is 4.90 Å². The number of amides is 1. The molecule has 27 heavy (non-hydrogen) atoms. The summed E-state index contributed by atoms with van der Waals surface area (Å²) in [7, 11) is 0. The molecule has 1 heterocycles. The van der Waals surface area contributed by atoms with Gasteiger partial charge in [0.1, 0.15) is 5.82 Å². The molecule has 0 radical (unpaired) electrons. The number of carbonyl (C=O) groups is 1. The summed E-state index contributed by atoms with van der Waals surface area (Å²) in [4.78, 5) is 14.2. The van der Waals surface area contributed by atoms with Crippen molar-refractivity contribution in [2.45, 2.75) is 19.5 Å². The molecule has 1 aliphatic heterocycles. The van der Waals surface area contributed by atoms with Gasteiger partial charge in [0.2, 0.25) is 0 Å². The lowest BCUT2D eigenvalue weighted by molar-refractivity contribution is 0.0765. The van der Waals surface area contributed by atoms with Crippen molar-refractivity contribution < 1.29 is 9.18 Å². The van der Waals surface area contributed by atoms with E-state index in [1.807, 2.05) is 36.4 Å². The minimum absolute atomic E-state index is 0.0276. The summed E-state index contributed by atoms with van der Waals surface area (Å²) in [6, 6.07) is 19.1. The highest BCUT2D eigenvalue weighted by Gasteiger charge is 2.27. The van der Waals surface area contributed by atoms with Gasteiger partial charge in [0.15, 0.2) is 0 Å². The maximum atomic E-state index is 14.8. The van der Waals surface area contributed by atoms with Crippen LogP contribution in [0.25, 0.3) is 17.2 Å². The van der Waals surface area contributed by atoms with E-state index in [0.717, 1.165) is 28.7 Å². The molecule has 2 nitrogen and oxygen atoms in total. The molecule has 0 atom stereocenters. The van der Waals surface area contributed by atoms with Gasteiger partial charge in [-0.3, -0.25) is 4.79 Å². The molecule has 132 valence electrons. The minimum atomic E-state index is -0.269. The Bertz CT molecular complexity index is 1100. The van der Waals surface area contributed by atoms with Gasteiger partial charge in [0.25, 0.3) is 5.91 Å². The van der Waals surface area contributed by atoms with Crippen LogP contribution in [0.5, 0.6) is 0 Å². The molecule has 1 aliphatic carbocycles. The number of hydrogen-bond donors (Lipinski definition) is 0. The average molecular weight is 355 g/mol. The van der Waals surface area contributed by atoms with Gasteiger partial charge in [0, 0.05) is 24.2 Å². The molecule has 0 N–H and O–H groups in total. The predicted molar refractivity (Wildman–Crippen MR) is 105 cm³/mol. The van der Waals surface area contributed by atoms with Gasteiger partial charge in [-0.1, -0.05) is 60.7 Å². The van der Waals surface area contributed by atoms with Crippen molar-refractivity contribution in [3.8, 4) is 11.1 Å². The largest absolute Gasteiger partial charge is 0.330 e. The van der Waals surface area contributed by atoms with E-state index in [9.17, 15) is 9.18 Å². The molecule has 1 amide bonds. The molecule has 0 spiro atoms. The second-order valence-electron chi connectivity index (χ2n) is 7.14. The zero-order valence-corrected chi connectivity index (χ0v) is 14.8. The van der Waals surface area contributed by atoms with Crippen LogP contribution in [-0.2, 0) is 19.5 Å². The average Bonchev–Trinajstić information content (AvgIpc) is 3.28. The maximum Gasteiger partial charge on any atom is 0.254 e. The second kappa shape index (κ2) is 6.20. The zero-order valence-electron chi connectivity index (χ0n) is 14.8. The Morgan fingerprint density at radius 1 is 0.926 bits per heavy atom. The molecule has 0 bridgehead atoms. The molecule has 3 heteroatoms. The molecular weight excluding hydrogens is 337 g/mol. The van der Waals surface area contributed by atoms with E-state index in [2.05, 4.69) is 24.3 Å². The van der Waals surface area contributed by atoms with E-state index >= 15 is 0 Å². The smallest absolute Gasteiger partial charge is 0.254 e. The Hall–Kier alpha value is -3.20. The summed E-state index contributed by atoms with van der Waals surface area (Å²) in [5.41, 5.74) is 6.67. The number of allylic oxidation sites excluding steroid dienone is 1. The van der Waals surface area contributed by atoms with E-state index in [1.54, 1.807) is 17.0 Å². The predicted octanol–water partition coefficient (Wildman–Crippen LogP) is 5.22. The topological polar surface area (TPSA) is 20.3 Å². The van der Waals surface area contributed by atoms with Gasteiger partial charge in [-0.2, -0.15) is 0 Å². The van der Waals surface area contributed by atoms with Crippen molar-refractivity contribution in [2.75, 3.05) is 0 Å². The normalized spacial score (nSPS) is 14.6. The summed E-state index contributed by atoms with van der Waals surface area (Å²) in [6.45, 7) is 0.821. The van der Waals surface area contributed by atoms with Crippen molar-refractivity contribution in [2.24, 2.45) is 0 Å². The number of carbonyl (C=O) groups excluding carboxylic acids is 1. The number of nitrogens with zero attached hydrogens (tertiary/aromatic N) is 1. The lowest BCUT2D eigenvalue weighted by atomic mass is 9.99. The summed E-state index contributed by atoms with van der Waals surface area (Å²) in [6.07, 6.45) is 5.19. The minimum Gasteiger partial charge on any atom is -0.330 e. The summed E-state index contributed by atoms with van der Waals surface area (Å²) >= 11 is 0. The van der Waals surface area contributed by atoms with E-state index in [0.29, 0.717) is 12.1 Å². The number of hydrogen-bond acceptors (Lipinski definition) is 1. The molecule has 0 unspecified atom stereocenters. The molecule has 0 saturated heterocycles. The monoisotopic (exact) mass is 355 g/mol. The van der Waals surface area contributed by atoms with Crippen LogP contribution < -0.4 is 0 Å². The van der Waals surface area contributed by atoms with Gasteiger partial charge in [-0.25, -0.2) is 4.39 Å². The fourth-order valence-electron chi connectivity index (χ4n) is 3.94. The SMILES string of the molecule is O=C1c2ccccc2CN1Cc1ccc(-c2ccc3c(c2)CC=C3)cc1F. The van der Waals surface area contributed by atoms with Gasteiger partial charge in [-0.15, -0.1) is 0 Å². The van der Waals surface area contributed by atoms with Crippen molar-refractivity contribution in [1.82, 2.24) is 4.90 Å². The Balaban J connectivity index is 1.39. The Morgan fingerprint density at radius 2 is 1.74 bits per heavy atom. The first kappa shape index (κ1) is 16.0. The Kier molecular flexibility index (Phi) is 3.68. The second-order valence-corrected chi connectivity index (χ2v) is 7.14. The molecule has 2 aliphatic rings. The molecule has 0 aromatic heterocycles. The first-order valence-electron chi connectivity index (χ1n) is 9.14. The van der Waals surface area contributed by atoms with E-state index < -0.39 is 0 Å². The quantitative estimate of drug-likeness (QED) is 0.631. The Morgan fingerprint density at radius 3 is 2.59 bits per heavy atom. The molecule has 0 saturated carbocycles. The fourth-order valence-corrected chi connectivity index (χ4v) is 3.94. The van der Waals surface area contributed by atoms with Crippen molar-refractivity contribution >= 4 is 12.0 Å². The van der Waals surface area contributed by atoms with Crippen LogP contribution in [0.2, 0.25) is 0 Å². The number of benzene rings is 3. The van der Waals surface area contributed by atoms with Crippen LogP contribution in [0.3, 0.4) is 0 Å². The highest BCUT2D eigenvalue weighted by molar-refractivity contribution is 5.98. The zero-order chi connectivity index (χ0) is 18.4. The van der Waals surface area contributed by atoms with Crippen LogP contribution >= 0.6 is 0 Å². The van der Waals surface area contributed by atoms with Crippen LogP contribution in [0.4, 0.5) is 4.39 Å². The van der Waals surface area contributed by atoms with Crippen LogP contribution in [0, 0.1) is 5.82 Å². The Labute approximate surface area is 157 Å². The van der Waals surface area contributed by atoms with E-state index in [4.69, 9.17) is 0 Å². The third-order valence-corrected chi connectivity index (χ3v) is 5.42. The standard InChI is InChI=1S/C24H18FNO/c25-23-13-19(18-9-8-16-5-3-6-17(16)12-18)10-11-21(23)15-26-14-20-4-1-2-7-22(20)24(26)27/h1-5,7-13H,6,14-15H2. The van der Waals surface area contributed by atoms with Crippen molar-refractivity contribution in [3.05, 3.63) is 100 Å². The summed E-state index contributed by atoms with van der Waals surface area (Å²) < 4.78 is 14.8. The van der Waals surface area contributed by atoms with E-state index in [-0.39, 0.29) is 18.3 Å². The molecule has 0 fully saturated rings. The van der Waals surface area contributed by atoms with Crippen LogP contribution in [-0.4, -0.2) is 10.8 Å². The first-order chi connectivity index (χ1) is 13.2. The molecule has 3 aromatic carbocycles. The molecule has 3 aromatic rings. The van der Waals surface area contributed by atoms with Gasteiger partial charge >= 0.3 is 0 Å². The number of fused-ring (bicyclic) bond motifs is 2. The first-order valence-corrected chi connectivity index (χ1v) is 9.14. The van der Waals surface area contributed by atoms with Crippen molar-refractivity contribution in [1.29, 1.82) is 0 Å². The highest BCUT2D eigenvalue weighted by Crippen LogP contribution is 2.29. The van der Waals surface area contributed by atoms with Crippen LogP contribution in [0.15, 0.2) is 66.7 Å². The highest BCUT2D eigenvalue weighted by atomic mass is 19.1. The summed E-state index contributed by atoms with van der Waals surface area (Å²) in [5, 5.41) is 0. The number of rotatable bonds is 3. The maximum absolute atomic E-state index is 14.8. The van der Waals surface area contributed by atoms with Crippen molar-refractivity contribution in [3.63, 3.8) is 0 Å². The number of halogens is 1. The lowest BCUT2D eigenvalue weighted by Gasteiger charge is -2.17. The summed E-state index contributed by atoms with van der Waals surface area (Å²) in [5.74, 6) is -0.296.